The molecule has 4 heteroatoms. The normalized spacial score (nSPS) is 12.7. The SMILES string of the molecule is O=c1oc2ccc(Cl)cc2c2nc3c(c(-c4ccccc4)c12)CCc1ccccc1-3. The van der Waals surface area contributed by atoms with Gasteiger partial charge in [-0.15, -0.1) is 0 Å². The molecule has 1 aliphatic carbocycles. The van der Waals surface area contributed by atoms with Gasteiger partial charge in [-0.3, -0.25) is 0 Å². The number of benzene rings is 3. The molecule has 2 aromatic heterocycles. The first kappa shape index (κ1) is 17.4. The van der Waals surface area contributed by atoms with Gasteiger partial charge >= 0.3 is 5.63 Å². The fourth-order valence-electron chi connectivity index (χ4n) is 4.56. The zero-order chi connectivity index (χ0) is 20.2. The summed E-state index contributed by atoms with van der Waals surface area (Å²) in [6.45, 7) is 0. The predicted molar refractivity (Wildman–Crippen MR) is 121 cm³/mol. The second-order valence-corrected chi connectivity index (χ2v) is 8.03. The van der Waals surface area contributed by atoms with E-state index >= 15 is 0 Å². The second kappa shape index (κ2) is 6.54. The van der Waals surface area contributed by atoms with Crippen LogP contribution < -0.4 is 5.63 Å². The van der Waals surface area contributed by atoms with Crippen molar-refractivity contribution in [1.29, 1.82) is 0 Å². The summed E-state index contributed by atoms with van der Waals surface area (Å²) in [5, 5.41) is 1.85. The molecule has 144 valence electrons. The van der Waals surface area contributed by atoms with Crippen molar-refractivity contribution in [3.8, 4) is 22.4 Å². The molecule has 0 atom stereocenters. The fourth-order valence-corrected chi connectivity index (χ4v) is 4.73. The van der Waals surface area contributed by atoms with Gasteiger partial charge in [-0.1, -0.05) is 66.2 Å². The molecule has 0 saturated carbocycles. The molecule has 0 bridgehead atoms. The molecule has 0 amide bonds. The Hall–Kier alpha value is -3.43. The number of hydrogen-bond donors (Lipinski definition) is 0. The largest absolute Gasteiger partial charge is 0.422 e. The summed E-state index contributed by atoms with van der Waals surface area (Å²) in [5.41, 5.74) is 7.12. The topological polar surface area (TPSA) is 43.1 Å². The van der Waals surface area contributed by atoms with Crippen LogP contribution in [0.5, 0.6) is 0 Å². The van der Waals surface area contributed by atoms with Crippen molar-refractivity contribution in [3.05, 3.63) is 99.4 Å². The molecule has 0 N–H and O–H groups in total. The van der Waals surface area contributed by atoms with E-state index in [4.69, 9.17) is 21.0 Å². The predicted octanol–water partition coefficient (Wildman–Crippen LogP) is 6.43. The van der Waals surface area contributed by atoms with E-state index in [0.29, 0.717) is 21.5 Å². The minimum Gasteiger partial charge on any atom is -0.422 e. The summed E-state index contributed by atoms with van der Waals surface area (Å²) in [5.74, 6) is 0. The average Bonchev–Trinajstić information content (AvgIpc) is 2.79. The summed E-state index contributed by atoms with van der Waals surface area (Å²) in [7, 11) is 0. The first-order valence-corrected chi connectivity index (χ1v) is 10.3. The maximum atomic E-state index is 13.2. The summed E-state index contributed by atoms with van der Waals surface area (Å²) in [4.78, 5) is 18.2. The molecule has 1 aliphatic rings. The third-order valence-corrected chi connectivity index (χ3v) is 6.12. The molecule has 0 spiro atoms. The Morgan fingerprint density at radius 1 is 0.900 bits per heavy atom. The molecule has 0 unspecified atom stereocenters. The van der Waals surface area contributed by atoms with Crippen molar-refractivity contribution in [2.45, 2.75) is 12.8 Å². The first-order valence-electron chi connectivity index (χ1n) is 9.93. The molecule has 0 fully saturated rings. The van der Waals surface area contributed by atoms with Crippen molar-refractivity contribution in [2.24, 2.45) is 0 Å². The van der Waals surface area contributed by atoms with Gasteiger partial charge in [-0.25, -0.2) is 9.78 Å². The van der Waals surface area contributed by atoms with Gasteiger partial charge < -0.3 is 4.42 Å². The molecule has 6 rings (SSSR count). The van der Waals surface area contributed by atoms with Gasteiger partial charge in [-0.2, -0.15) is 0 Å². The highest BCUT2D eigenvalue weighted by Gasteiger charge is 2.26. The molecule has 0 radical (unpaired) electrons. The Morgan fingerprint density at radius 2 is 1.70 bits per heavy atom. The third-order valence-electron chi connectivity index (χ3n) is 5.88. The minimum absolute atomic E-state index is 0.368. The van der Waals surface area contributed by atoms with E-state index in [1.165, 1.54) is 5.56 Å². The van der Waals surface area contributed by atoms with Crippen LogP contribution in [0.2, 0.25) is 5.02 Å². The van der Waals surface area contributed by atoms with Gasteiger partial charge in [0, 0.05) is 21.5 Å². The quantitative estimate of drug-likeness (QED) is 0.237. The van der Waals surface area contributed by atoms with Crippen molar-refractivity contribution in [3.63, 3.8) is 0 Å². The second-order valence-electron chi connectivity index (χ2n) is 7.59. The molecule has 5 aromatic rings. The van der Waals surface area contributed by atoms with Crippen LogP contribution in [0.3, 0.4) is 0 Å². The highest BCUT2D eigenvalue weighted by Crippen LogP contribution is 2.42. The monoisotopic (exact) mass is 409 g/mol. The molecular weight excluding hydrogens is 394 g/mol. The number of aromatic nitrogens is 1. The first-order chi connectivity index (χ1) is 14.7. The molecular formula is C26H16ClNO2. The zero-order valence-corrected chi connectivity index (χ0v) is 16.7. The standard InChI is InChI=1S/C26H16ClNO2/c27-17-11-13-21-20(14-17)25-23(26(29)30-21)22(16-7-2-1-3-8-16)19-12-10-15-6-4-5-9-18(15)24(19)28-25/h1-9,11,13-14H,10,12H2. The molecule has 3 nitrogen and oxygen atoms in total. The fraction of sp³-hybridized carbons (Fsp3) is 0.0769. The maximum Gasteiger partial charge on any atom is 0.346 e. The van der Waals surface area contributed by atoms with Crippen LogP contribution >= 0.6 is 11.6 Å². The van der Waals surface area contributed by atoms with Gasteiger partial charge in [0.25, 0.3) is 0 Å². The Labute approximate surface area is 177 Å². The van der Waals surface area contributed by atoms with E-state index < -0.39 is 0 Å². The lowest BCUT2D eigenvalue weighted by molar-refractivity contribution is 0.569. The number of nitrogens with zero attached hydrogens (tertiary/aromatic N) is 1. The molecule has 0 saturated heterocycles. The average molecular weight is 410 g/mol. The van der Waals surface area contributed by atoms with Crippen molar-refractivity contribution < 1.29 is 4.42 Å². The number of halogens is 1. The third kappa shape index (κ3) is 2.52. The summed E-state index contributed by atoms with van der Waals surface area (Å²) in [6, 6.07) is 23.7. The van der Waals surface area contributed by atoms with E-state index in [0.717, 1.165) is 46.2 Å². The van der Waals surface area contributed by atoms with Crippen LogP contribution in [-0.4, -0.2) is 4.98 Å². The van der Waals surface area contributed by atoms with Crippen molar-refractivity contribution in [2.75, 3.05) is 0 Å². The van der Waals surface area contributed by atoms with E-state index in [2.05, 4.69) is 18.2 Å². The van der Waals surface area contributed by atoms with E-state index in [9.17, 15) is 4.79 Å². The highest BCUT2D eigenvalue weighted by atomic mass is 35.5. The number of aryl methyl sites for hydroxylation is 1. The van der Waals surface area contributed by atoms with Gasteiger partial charge in [-0.05, 0) is 47.7 Å². The molecule has 0 aliphatic heterocycles. The Kier molecular flexibility index (Phi) is 3.80. The van der Waals surface area contributed by atoms with Crippen LogP contribution in [0.25, 0.3) is 44.3 Å². The van der Waals surface area contributed by atoms with Gasteiger partial charge in [0.1, 0.15) is 5.58 Å². The number of rotatable bonds is 1. The summed E-state index contributed by atoms with van der Waals surface area (Å²) in [6.07, 6.45) is 1.74. The van der Waals surface area contributed by atoms with Crippen molar-refractivity contribution >= 4 is 33.5 Å². The lowest BCUT2D eigenvalue weighted by atomic mass is 9.83. The van der Waals surface area contributed by atoms with Crippen LogP contribution in [0.4, 0.5) is 0 Å². The van der Waals surface area contributed by atoms with Crippen molar-refractivity contribution in [1.82, 2.24) is 4.98 Å². The summed E-state index contributed by atoms with van der Waals surface area (Å²) >= 11 is 6.29. The van der Waals surface area contributed by atoms with Gasteiger partial charge in [0.2, 0.25) is 0 Å². The Bertz CT molecular complexity index is 1520. The van der Waals surface area contributed by atoms with Crippen LogP contribution in [0, 0.1) is 0 Å². The van der Waals surface area contributed by atoms with E-state index in [-0.39, 0.29) is 5.63 Å². The maximum absolute atomic E-state index is 13.2. The number of fused-ring (bicyclic) bond motifs is 6. The highest BCUT2D eigenvalue weighted by molar-refractivity contribution is 6.31. The Morgan fingerprint density at radius 3 is 2.57 bits per heavy atom. The number of pyridine rings is 1. The van der Waals surface area contributed by atoms with Crippen LogP contribution in [0.1, 0.15) is 11.1 Å². The van der Waals surface area contributed by atoms with Crippen LogP contribution in [0.15, 0.2) is 82.0 Å². The lowest BCUT2D eigenvalue weighted by Crippen LogP contribution is -2.12. The molecule has 2 heterocycles. The van der Waals surface area contributed by atoms with E-state index in [1.807, 2.05) is 42.5 Å². The molecule has 30 heavy (non-hydrogen) atoms. The van der Waals surface area contributed by atoms with E-state index in [1.54, 1.807) is 12.1 Å². The molecule has 3 aromatic carbocycles. The smallest absolute Gasteiger partial charge is 0.346 e. The van der Waals surface area contributed by atoms with Gasteiger partial charge in [0.05, 0.1) is 16.6 Å². The zero-order valence-electron chi connectivity index (χ0n) is 16.0. The lowest BCUT2D eigenvalue weighted by Gasteiger charge is -2.23. The van der Waals surface area contributed by atoms with Gasteiger partial charge in [0.15, 0.2) is 0 Å². The Balaban J connectivity index is 1.87. The van der Waals surface area contributed by atoms with Crippen LogP contribution in [-0.2, 0) is 12.8 Å². The minimum atomic E-state index is -0.368. The number of hydrogen-bond acceptors (Lipinski definition) is 3. The summed E-state index contributed by atoms with van der Waals surface area (Å²) < 4.78 is 5.70.